The molecular formula is C22H24Cl2N2O8. The van der Waals surface area contributed by atoms with Gasteiger partial charge in [-0.05, 0) is 39.6 Å². The minimum atomic E-state index is -2.78. The van der Waals surface area contributed by atoms with E-state index >= 15 is 0 Å². The van der Waals surface area contributed by atoms with Gasteiger partial charge in [-0.2, -0.15) is 0 Å². The van der Waals surface area contributed by atoms with Gasteiger partial charge < -0.3 is 31.3 Å². The summed E-state index contributed by atoms with van der Waals surface area (Å²) in [4.78, 5) is 40.1. The normalized spacial score (nSPS) is 32.7. The number of halogens is 2. The molecule has 0 aromatic heterocycles. The smallest absolute Gasteiger partial charge is 0.255 e. The summed E-state index contributed by atoms with van der Waals surface area (Å²) in [5.41, 5.74) is -1.10. The number of benzene rings is 1. The van der Waals surface area contributed by atoms with Gasteiger partial charge in [-0.15, -0.1) is 12.4 Å². The number of likely N-dealkylation sites (N-methyl/N-ethyl adjacent to an activating group) is 1. The van der Waals surface area contributed by atoms with Crippen molar-refractivity contribution >= 4 is 47.2 Å². The van der Waals surface area contributed by atoms with Gasteiger partial charge >= 0.3 is 0 Å². The first kappa shape index (κ1) is 26.0. The van der Waals surface area contributed by atoms with Gasteiger partial charge in [-0.3, -0.25) is 19.3 Å². The zero-order valence-electron chi connectivity index (χ0n) is 18.4. The van der Waals surface area contributed by atoms with Crippen LogP contribution >= 0.6 is 24.0 Å². The van der Waals surface area contributed by atoms with Gasteiger partial charge in [0.05, 0.1) is 17.2 Å². The van der Waals surface area contributed by atoms with Crippen LogP contribution < -0.4 is 5.73 Å². The number of amides is 1. The highest BCUT2D eigenvalue weighted by atomic mass is 35.5. The number of Topliss-reactive ketones (excluding diaryl/α,β-unsaturated/α-hetero) is 2. The molecule has 4 rings (SSSR count). The summed E-state index contributed by atoms with van der Waals surface area (Å²) in [6, 6.07) is 1.24. The van der Waals surface area contributed by atoms with Crippen molar-refractivity contribution in [2.24, 2.45) is 17.6 Å². The van der Waals surface area contributed by atoms with Crippen molar-refractivity contribution < 1.29 is 39.9 Å². The number of aromatic hydroxyl groups is 1. The fourth-order valence-electron chi connectivity index (χ4n) is 5.58. The molecular weight excluding hydrogens is 491 g/mol. The lowest BCUT2D eigenvalue weighted by Crippen LogP contribution is -2.67. The Balaban J connectivity index is 0.00000324. The van der Waals surface area contributed by atoms with Crippen LogP contribution in [0.25, 0.3) is 5.76 Å². The van der Waals surface area contributed by atoms with Crippen LogP contribution in [0.5, 0.6) is 5.75 Å². The van der Waals surface area contributed by atoms with Gasteiger partial charge in [0.15, 0.2) is 11.4 Å². The number of hydrogen-bond donors (Lipinski definition) is 6. The van der Waals surface area contributed by atoms with E-state index in [1.54, 1.807) is 0 Å². The second-order valence-electron chi connectivity index (χ2n) is 9.08. The monoisotopic (exact) mass is 514 g/mol. The van der Waals surface area contributed by atoms with Gasteiger partial charge in [0.25, 0.3) is 5.91 Å². The van der Waals surface area contributed by atoms with Gasteiger partial charge in [-0.1, -0.05) is 11.6 Å². The highest BCUT2D eigenvalue weighted by molar-refractivity contribution is 6.32. The molecule has 5 atom stereocenters. The highest BCUT2D eigenvalue weighted by Crippen LogP contribution is 2.58. The number of primary amides is 1. The molecule has 0 saturated heterocycles. The average molecular weight is 515 g/mol. The lowest BCUT2D eigenvalue weighted by atomic mass is 9.54. The molecule has 3 aliphatic carbocycles. The van der Waals surface area contributed by atoms with E-state index < -0.39 is 75.0 Å². The third-order valence-electron chi connectivity index (χ3n) is 7.07. The first-order valence-corrected chi connectivity index (χ1v) is 10.5. The van der Waals surface area contributed by atoms with Gasteiger partial charge in [0.1, 0.15) is 22.8 Å². The SMILES string of the molecule is CN(C)[C@H]1C(=O)C(C(N)=O)=C(O)[C@@]2(O)C(=O)C3=C(O)c4c(O)ccc(Cl)c4[C@@](C)(O)[C@H]3C[C@@H]12.Cl. The lowest BCUT2D eigenvalue weighted by molar-refractivity contribution is -0.159. The number of nitrogens with two attached hydrogens (primary N) is 1. The summed E-state index contributed by atoms with van der Waals surface area (Å²) in [6.07, 6.45) is -0.259. The van der Waals surface area contributed by atoms with Crippen molar-refractivity contribution in [3.63, 3.8) is 0 Å². The Kier molecular flexibility index (Phi) is 6.08. The van der Waals surface area contributed by atoms with Crippen LogP contribution in [-0.4, -0.2) is 73.6 Å². The number of fused-ring (bicyclic) bond motifs is 3. The summed E-state index contributed by atoms with van der Waals surface area (Å²) >= 11 is 6.28. The Labute approximate surface area is 205 Å². The number of carbonyl (C=O) groups is 3. The Bertz CT molecular complexity index is 1210. The largest absolute Gasteiger partial charge is 0.508 e. The molecule has 1 saturated carbocycles. The van der Waals surface area contributed by atoms with Crippen LogP contribution in [-0.2, 0) is 20.0 Å². The molecule has 0 heterocycles. The summed E-state index contributed by atoms with van der Waals surface area (Å²) in [5, 5.41) is 55.2. The summed E-state index contributed by atoms with van der Waals surface area (Å²) in [7, 11) is 2.97. The Morgan fingerprint density at radius 2 is 1.76 bits per heavy atom. The Morgan fingerprint density at radius 3 is 2.29 bits per heavy atom. The maximum Gasteiger partial charge on any atom is 0.255 e. The number of ketones is 2. The first-order valence-electron chi connectivity index (χ1n) is 10.1. The zero-order chi connectivity index (χ0) is 24.8. The molecule has 0 bridgehead atoms. The third kappa shape index (κ3) is 3.03. The summed E-state index contributed by atoms with van der Waals surface area (Å²) in [6.45, 7) is 1.34. The summed E-state index contributed by atoms with van der Waals surface area (Å²) < 4.78 is 0. The first-order chi connectivity index (χ1) is 15.2. The molecule has 34 heavy (non-hydrogen) atoms. The van der Waals surface area contributed by atoms with Gasteiger partial charge in [0, 0.05) is 28.0 Å². The number of carbonyl (C=O) groups excluding carboxylic acids is 3. The maximum atomic E-state index is 13.7. The number of rotatable bonds is 2. The van der Waals surface area contributed by atoms with E-state index in [1.807, 2.05) is 0 Å². The van der Waals surface area contributed by atoms with Crippen LogP contribution in [0.2, 0.25) is 5.02 Å². The molecule has 12 heteroatoms. The van der Waals surface area contributed by atoms with Crippen molar-refractivity contribution in [1.82, 2.24) is 4.90 Å². The van der Waals surface area contributed by atoms with Crippen LogP contribution in [0.4, 0.5) is 0 Å². The van der Waals surface area contributed by atoms with Crippen LogP contribution in [0.1, 0.15) is 24.5 Å². The molecule has 184 valence electrons. The molecule has 0 aliphatic heterocycles. The second-order valence-corrected chi connectivity index (χ2v) is 9.48. The Morgan fingerprint density at radius 1 is 1.18 bits per heavy atom. The molecule has 0 unspecified atom stereocenters. The van der Waals surface area contributed by atoms with E-state index in [0.29, 0.717) is 0 Å². The fraction of sp³-hybridized carbons (Fsp3) is 0.409. The van der Waals surface area contributed by atoms with Crippen molar-refractivity contribution in [3.05, 3.63) is 45.2 Å². The number of aliphatic hydroxyl groups excluding tert-OH is 2. The molecule has 7 N–H and O–H groups in total. The van der Waals surface area contributed by atoms with E-state index in [1.165, 1.54) is 38.1 Å². The predicted molar refractivity (Wildman–Crippen MR) is 122 cm³/mol. The molecule has 1 aromatic rings. The molecule has 1 amide bonds. The van der Waals surface area contributed by atoms with E-state index in [4.69, 9.17) is 17.3 Å². The standard InChI is InChI=1S/C22H23ClN2O8.ClH/c1-21(32)7-6-8-15(25(2)3)17(28)13(20(24)31)19(30)22(8,33)18(29)11(7)16(27)12-10(26)5-4-9(23)14(12)21;/h4-5,7-8,15,26-27,30,32-33H,6H2,1-3H3,(H2,24,31);1H/t7-,8-,15+,21-,22-;/m0./s1. The number of phenolic OH excluding ortho intramolecular Hbond substituents is 1. The van der Waals surface area contributed by atoms with Crippen molar-refractivity contribution in [3.8, 4) is 5.75 Å². The zero-order valence-corrected chi connectivity index (χ0v) is 19.9. The van der Waals surface area contributed by atoms with Crippen LogP contribution in [0.3, 0.4) is 0 Å². The number of hydrogen-bond acceptors (Lipinski definition) is 9. The van der Waals surface area contributed by atoms with E-state index in [0.717, 1.165) is 0 Å². The minimum Gasteiger partial charge on any atom is -0.508 e. The Hall–Kier alpha value is -2.63. The summed E-state index contributed by atoms with van der Waals surface area (Å²) in [5.74, 6) is -8.30. The number of aliphatic hydroxyl groups is 4. The van der Waals surface area contributed by atoms with E-state index in [2.05, 4.69) is 0 Å². The molecule has 1 aromatic carbocycles. The maximum absolute atomic E-state index is 13.7. The van der Waals surface area contributed by atoms with Gasteiger partial charge in [-0.25, -0.2) is 0 Å². The average Bonchev–Trinajstić information content (AvgIpc) is 2.69. The molecule has 1 fully saturated rings. The number of nitrogens with zero attached hydrogens (tertiary/aromatic N) is 1. The molecule has 3 aliphatic rings. The molecule has 0 radical (unpaired) electrons. The lowest BCUT2D eigenvalue weighted by Gasteiger charge is -2.53. The quantitative estimate of drug-likeness (QED) is 0.309. The van der Waals surface area contributed by atoms with Crippen LogP contribution in [0, 0.1) is 11.8 Å². The second kappa shape index (κ2) is 7.96. The van der Waals surface area contributed by atoms with E-state index in [-0.39, 0.29) is 35.0 Å². The molecule has 10 nitrogen and oxygen atoms in total. The topological polar surface area (TPSA) is 182 Å². The fourth-order valence-corrected chi connectivity index (χ4v) is 5.93. The third-order valence-corrected chi connectivity index (χ3v) is 7.39. The highest BCUT2D eigenvalue weighted by Gasteiger charge is 2.66. The predicted octanol–water partition coefficient (Wildman–Crippen LogP) is 0.704. The minimum absolute atomic E-state index is 0. The van der Waals surface area contributed by atoms with Gasteiger partial charge in [0.2, 0.25) is 5.78 Å². The van der Waals surface area contributed by atoms with Crippen molar-refractivity contribution in [2.45, 2.75) is 30.6 Å². The number of phenols is 1. The molecule has 0 spiro atoms. The van der Waals surface area contributed by atoms with Crippen LogP contribution in [0.15, 0.2) is 29.0 Å². The van der Waals surface area contributed by atoms with Crippen molar-refractivity contribution in [1.29, 1.82) is 0 Å². The van der Waals surface area contributed by atoms with E-state index in [9.17, 15) is 39.9 Å². The van der Waals surface area contributed by atoms with Crippen molar-refractivity contribution in [2.75, 3.05) is 14.1 Å².